The third-order valence-electron chi connectivity index (χ3n) is 3.23. The molecule has 2 heteroatoms. The van der Waals surface area contributed by atoms with Gasteiger partial charge in [-0.3, -0.25) is 0 Å². The lowest BCUT2D eigenvalue weighted by Gasteiger charge is -2.14. The fraction of sp³-hybridized carbons (Fsp3) is 0.333. The Balaban J connectivity index is 3.00. The molecule has 1 atom stereocenters. The van der Waals surface area contributed by atoms with E-state index in [-0.39, 0.29) is 6.17 Å². The lowest BCUT2D eigenvalue weighted by Crippen LogP contribution is -2.39. The zero-order chi connectivity index (χ0) is 14.8. The zero-order valence-corrected chi connectivity index (χ0v) is 12.4. The van der Waals surface area contributed by atoms with Crippen LogP contribution in [0.25, 0.3) is 11.6 Å². The molecule has 1 aromatic rings. The molecule has 0 spiro atoms. The summed E-state index contributed by atoms with van der Waals surface area (Å²) >= 11 is 0. The molecule has 20 heavy (non-hydrogen) atoms. The first-order chi connectivity index (χ1) is 9.72. The normalized spacial score (nSPS) is 14.8. The molecule has 0 heterocycles. The Hall–Kier alpha value is -1.64. The second-order valence-corrected chi connectivity index (χ2v) is 4.84. The highest BCUT2D eigenvalue weighted by Crippen LogP contribution is 2.03. The van der Waals surface area contributed by atoms with E-state index in [1.54, 1.807) is 6.08 Å². The van der Waals surface area contributed by atoms with Crippen molar-refractivity contribution in [1.82, 2.24) is 5.32 Å². The van der Waals surface area contributed by atoms with Crippen molar-refractivity contribution in [2.24, 2.45) is 5.73 Å². The Morgan fingerprint density at radius 3 is 2.75 bits per heavy atom. The lowest BCUT2D eigenvalue weighted by molar-refractivity contribution is 0.523. The molecule has 2 nitrogen and oxygen atoms in total. The van der Waals surface area contributed by atoms with Gasteiger partial charge in [0.05, 0.1) is 6.17 Å². The third-order valence-corrected chi connectivity index (χ3v) is 3.23. The summed E-state index contributed by atoms with van der Waals surface area (Å²) in [4.78, 5) is 0. The van der Waals surface area contributed by atoms with E-state index < -0.39 is 0 Å². The Labute approximate surface area is 122 Å². The van der Waals surface area contributed by atoms with Crippen LogP contribution in [0, 0.1) is 0 Å². The summed E-state index contributed by atoms with van der Waals surface area (Å²) in [6.45, 7) is 10.8. The molecule has 0 saturated heterocycles. The minimum Gasteiger partial charge on any atom is -0.316 e. The summed E-state index contributed by atoms with van der Waals surface area (Å²) in [7, 11) is 0. The molecule has 0 fully saturated rings. The minimum atomic E-state index is -0.0358. The van der Waals surface area contributed by atoms with E-state index in [1.165, 1.54) is 11.6 Å². The molecule has 0 aliphatic rings. The maximum atomic E-state index is 6.14. The third kappa shape index (κ3) is 5.16. The van der Waals surface area contributed by atoms with Crippen LogP contribution in [-0.2, 0) is 0 Å². The first kappa shape index (κ1) is 16.4. The molecule has 0 bridgehead atoms. The molecule has 1 unspecified atom stereocenters. The van der Waals surface area contributed by atoms with Gasteiger partial charge in [-0.2, -0.15) is 0 Å². The van der Waals surface area contributed by atoms with Crippen LogP contribution in [-0.4, -0.2) is 12.7 Å². The fourth-order valence-electron chi connectivity index (χ4n) is 2.14. The van der Waals surface area contributed by atoms with E-state index in [0.717, 1.165) is 30.2 Å². The van der Waals surface area contributed by atoms with Gasteiger partial charge in [-0.15, -0.1) is 0 Å². The molecule has 0 aromatic heterocycles. The van der Waals surface area contributed by atoms with Gasteiger partial charge in [0.25, 0.3) is 0 Å². The highest BCUT2D eigenvalue weighted by Gasteiger charge is 2.04. The molecule has 0 aliphatic carbocycles. The van der Waals surface area contributed by atoms with Gasteiger partial charge in [0, 0.05) is 6.42 Å². The second kappa shape index (κ2) is 9.29. The van der Waals surface area contributed by atoms with E-state index in [2.05, 4.69) is 37.5 Å². The van der Waals surface area contributed by atoms with Gasteiger partial charge in [-0.25, -0.2) is 0 Å². The van der Waals surface area contributed by atoms with Gasteiger partial charge in [-0.05, 0) is 29.0 Å². The van der Waals surface area contributed by atoms with Crippen LogP contribution < -0.4 is 21.5 Å². The monoisotopic (exact) mass is 270 g/mol. The maximum absolute atomic E-state index is 6.14. The largest absolute Gasteiger partial charge is 0.316 e. The highest BCUT2D eigenvalue weighted by molar-refractivity contribution is 5.57. The van der Waals surface area contributed by atoms with Crippen LogP contribution in [0.4, 0.5) is 0 Å². The smallest absolute Gasteiger partial charge is 0.0587 e. The predicted molar refractivity (Wildman–Crippen MR) is 89.5 cm³/mol. The molecule has 1 aromatic carbocycles. The van der Waals surface area contributed by atoms with Crippen molar-refractivity contribution in [3.8, 4) is 0 Å². The molecule has 108 valence electrons. The number of hydrogen-bond donors (Lipinski definition) is 2. The average Bonchev–Trinajstić information content (AvgIpc) is 2.46. The van der Waals surface area contributed by atoms with Crippen molar-refractivity contribution in [3.63, 3.8) is 0 Å². The van der Waals surface area contributed by atoms with E-state index in [1.807, 2.05) is 24.3 Å². The minimum absolute atomic E-state index is 0.0358. The molecule has 0 amide bonds. The molecular weight excluding hydrogens is 244 g/mol. The van der Waals surface area contributed by atoms with Gasteiger partial charge >= 0.3 is 0 Å². The molecule has 3 N–H and O–H groups in total. The zero-order valence-electron chi connectivity index (χ0n) is 12.4. The summed E-state index contributed by atoms with van der Waals surface area (Å²) in [5, 5.41) is 5.68. The number of unbranched alkanes of at least 4 members (excludes halogenated alkanes) is 1. The van der Waals surface area contributed by atoms with Crippen molar-refractivity contribution in [1.29, 1.82) is 0 Å². The standard InChI is InChI=1S/C18H26N2/c1-4-7-13-20-18(19)14-15(6-3)17-12-9-8-11-16(17)10-5-2/h5-6,8-12,18,20H,2-4,7,13-14,19H2,1H3/b16-10-,17-15+. The predicted octanol–water partition coefficient (Wildman–Crippen LogP) is 2.05. The second-order valence-electron chi connectivity index (χ2n) is 4.84. The van der Waals surface area contributed by atoms with Crippen molar-refractivity contribution in [2.45, 2.75) is 32.4 Å². The number of benzene rings is 1. The fourth-order valence-corrected chi connectivity index (χ4v) is 2.14. The first-order valence-electron chi connectivity index (χ1n) is 7.25. The lowest BCUT2D eigenvalue weighted by atomic mass is 10.1. The number of hydrogen-bond acceptors (Lipinski definition) is 2. The van der Waals surface area contributed by atoms with Gasteiger partial charge in [0.1, 0.15) is 0 Å². The first-order valence-corrected chi connectivity index (χ1v) is 7.25. The molecule has 1 rings (SSSR count). The summed E-state index contributed by atoms with van der Waals surface area (Å²) < 4.78 is 0. The van der Waals surface area contributed by atoms with Crippen molar-refractivity contribution >= 4 is 11.6 Å². The van der Waals surface area contributed by atoms with Crippen molar-refractivity contribution in [3.05, 3.63) is 60.0 Å². The van der Waals surface area contributed by atoms with Gasteiger partial charge < -0.3 is 11.1 Å². The average molecular weight is 270 g/mol. The van der Waals surface area contributed by atoms with Crippen LogP contribution in [0.15, 0.2) is 49.6 Å². The van der Waals surface area contributed by atoms with Crippen molar-refractivity contribution in [2.75, 3.05) is 6.54 Å². The molecule has 0 aliphatic heterocycles. The number of nitrogens with two attached hydrogens (primary N) is 1. The van der Waals surface area contributed by atoms with E-state index >= 15 is 0 Å². The highest BCUT2D eigenvalue weighted by atomic mass is 15.0. The van der Waals surface area contributed by atoms with Crippen LogP contribution >= 0.6 is 0 Å². The Bertz CT molecular complexity index is 543. The Kier molecular flexibility index (Phi) is 7.63. The SMILES string of the molecule is C=C/C=c1/cccc/c1=C(/C=C)CC(N)NCCCC. The Morgan fingerprint density at radius 1 is 1.35 bits per heavy atom. The number of allylic oxidation sites excluding steroid dienone is 2. The summed E-state index contributed by atoms with van der Waals surface area (Å²) in [6.07, 6.45) is 8.78. The van der Waals surface area contributed by atoms with Crippen LogP contribution in [0.1, 0.15) is 26.2 Å². The maximum Gasteiger partial charge on any atom is 0.0587 e. The quantitative estimate of drug-likeness (QED) is 0.560. The van der Waals surface area contributed by atoms with Crippen LogP contribution in [0.5, 0.6) is 0 Å². The van der Waals surface area contributed by atoms with Crippen LogP contribution in [0.3, 0.4) is 0 Å². The molecule has 0 saturated carbocycles. The summed E-state index contributed by atoms with van der Waals surface area (Å²) in [5.74, 6) is 0. The summed E-state index contributed by atoms with van der Waals surface area (Å²) in [5.41, 5.74) is 7.30. The van der Waals surface area contributed by atoms with Gasteiger partial charge in [0.15, 0.2) is 0 Å². The summed E-state index contributed by atoms with van der Waals surface area (Å²) in [6, 6.07) is 8.25. The van der Waals surface area contributed by atoms with Crippen LogP contribution in [0.2, 0.25) is 0 Å². The molecular formula is C18H26N2. The van der Waals surface area contributed by atoms with E-state index in [0.29, 0.717) is 0 Å². The topological polar surface area (TPSA) is 38.0 Å². The van der Waals surface area contributed by atoms with Crippen molar-refractivity contribution < 1.29 is 0 Å². The molecule has 0 radical (unpaired) electrons. The number of nitrogens with one attached hydrogen (secondary N) is 1. The van der Waals surface area contributed by atoms with E-state index in [9.17, 15) is 0 Å². The Morgan fingerprint density at radius 2 is 2.10 bits per heavy atom. The number of rotatable bonds is 8. The van der Waals surface area contributed by atoms with E-state index in [4.69, 9.17) is 5.73 Å². The van der Waals surface area contributed by atoms with Gasteiger partial charge in [-0.1, -0.05) is 69.0 Å². The van der Waals surface area contributed by atoms with Gasteiger partial charge in [0.2, 0.25) is 0 Å².